The van der Waals surface area contributed by atoms with Crippen LogP contribution in [0.25, 0.3) is 0 Å². The SMILES string of the molecule is Cc1cc(OCc2ccc(N)cc2Cl)ccc1Br. The molecular weight excluding hydrogens is 314 g/mol. The fourth-order valence-corrected chi connectivity index (χ4v) is 2.04. The summed E-state index contributed by atoms with van der Waals surface area (Å²) in [5, 5.41) is 0.629. The molecule has 0 heterocycles. The van der Waals surface area contributed by atoms with Crippen LogP contribution < -0.4 is 10.5 Å². The van der Waals surface area contributed by atoms with Crippen LogP contribution in [0.1, 0.15) is 11.1 Å². The van der Waals surface area contributed by atoms with Crippen molar-refractivity contribution in [1.82, 2.24) is 0 Å². The molecule has 18 heavy (non-hydrogen) atoms. The molecule has 0 saturated carbocycles. The molecule has 94 valence electrons. The van der Waals surface area contributed by atoms with E-state index in [9.17, 15) is 0 Å². The van der Waals surface area contributed by atoms with Crippen LogP contribution in [-0.2, 0) is 6.61 Å². The lowest BCUT2D eigenvalue weighted by Gasteiger charge is -2.09. The van der Waals surface area contributed by atoms with Crippen LogP contribution in [0.15, 0.2) is 40.9 Å². The van der Waals surface area contributed by atoms with E-state index in [1.54, 1.807) is 6.07 Å². The average molecular weight is 327 g/mol. The molecule has 0 saturated heterocycles. The highest BCUT2D eigenvalue weighted by Gasteiger charge is 2.03. The summed E-state index contributed by atoms with van der Waals surface area (Å²) in [6.07, 6.45) is 0. The van der Waals surface area contributed by atoms with Gasteiger partial charge in [0.05, 0.1) is 0 Å². The van der Waals surface area contributed by atoms with Crippen molar-refractivity contribution in [3.05, 3.63) is 57.0 Å². The largest absolute Gasteiger partial charge is 0.489 e. The number of anilines is 1. The highest BCUT2D eigenvalue weighted by Crippen LogP contribution is 2.24. The molecule has 0 amide bonds. The molecule has 0 bridgehead atoms. The topological polar surface area (TPSA) is 35.2 Å². The molecule has 0 fully saturated rings. The van der Waals surface area contributed by atoms with Crippen molar-refractivity contribution >= 4 is 33.2 Å². The van der Waals surface area contributed by atoms with Gasteiger partial charge in [-0.2, -0.15) is 0 Å². The van der Waals surface area contributed by atoms with Gasteiger partial charge in [-0.3, -0.25) is 0 Å². The molecule has 2 nitrogen and oxygen atoms in total. The standard InChI is InChI=1S/C14H13BrClNO/c1-9-6-12(4-5-13(9)15)18-8-10-2-3-11(17)7-14(10)16/h2-7H,8,17H2,1H3. The summed E-state index contributed by atoms with van der Waals surface area (Å²) in [5.74, 6) is 0.823. The number of hydrogen-bond acceptors (Lipinski definition) is 2. The number of nitrogens with two attached hydrogens (primary N) is 1. The zero-order chi connectivity index (χ0) is 13.1. The highest BCUT2D eigenvalue weighted by molar-refractivity contribution is 9.10. The number of halogens is 2. The number of rotatable bonds is 3. The second-order valence-corrected chi connectivity index (χ2v) is 5.31. The fourth-order valence-electron chi connectivity index (χ4n) is 1.55. The van der Waals surface area contributed by atoms with E-state index in [4.69, 9.17) is 22.1 Å². The van der Waals surface area contributed by atoms with E-state index in [1.165, 1.54) is 0 Å². The van der Waals surface area contributed by atoms with Crippen LogP contribution in [0.5, 0.6) is 5.75 Å². The summed E-state index contributed by atoms with van der Waals surface area (Å²) < 4.78 is 6.77. The van der Waals surface area contributed by atoms with Gasteiger partial charge < -0.3 is 10.5 Å². The Bertz CT molecular complexity index is 572. The Balaban J connectivity index is 2.09. The van der Waals surface area contributed by atoms with Crippen molar-refractivity contribution in [3.8, 4) is 5.75 Å². The van der Waals surface area contributed by atoms with E-state index in [0.717, 1.165) is 21.3 Å². The molecule has 0 unspecified atom stereocenters. The van der Waals surface area contributed by atoms with E-state index >= 15 is 0 Å². The Hall–Kier alpha value is -1.19. The molecule has 0 aliphatic rings. The highest BCUT2D eigenvalue weighted by atomic mass is 79.9. The normalized spacial score (nSPS) is 10.4. The Morgan fingerprint density at radius 3 is 2.67 bits per heavy atom. The molecule has 2 aromatic carbocycles. The van der Waals surface area contributed by atoms with Gasteiger partial charge in [0.25, 0.3) is 0 Å². The summed E-state index contributed by atoms with van der Waals surface area (Å²) in [4.78, 5) is 0. The Labute approximate surface area is 120 Å². The molecular formula is C14H13BrClNO. The number of aryl methyl sites for hydroxylation is 1. The first kappa shape index (κ1) is 13.2. The van der Waals surface area contributed by atoms with Crippen molar-refractivity contribution in [1.29, 1.82) is 0 Å². The third kappa shape index (κ3) is 3.18. The monoisotopic (exact) mass is 325 g/mol. The van der Waals surface area contributed by atoms with Gasteiger partial charge in [0.2, 0.25) is 0 Å². The van der Waals surface area contributed by atoms with Crippen molar-refractivity contribution in [3.63, 3.8) is 0 Å². The number of nitrogen functional groups attached to an aromatic ring is 1. The molecule has 0 aliphatic heterocycles. The zero-order valence-electron chi connectivity index (χ0n) is 9.91. The minimum Gasteiger partial charge on any atom is -0.489 e. The maximum absolute atomic E-state index is 6.08. The van der Waals surface area contributed by atoms with E-state index in [1.807, 2.05) is 37.3 Å². The molecule has 4 heteroatoms. The first-order valence-corrected chi connectivity index (χ1v) is 6.66. The van der Waals surface area contributed by atoms with Gasteiger partial charge in [-0.25, -0.2) is 0 Å². The zero-order valence-corrected chi connectivity index (χ0v) is 12.3. The van der Waals surface area contributed by atoms with E-state index in [0.29, 0.717) is 17.3 Å². The van der Waals surface area contributed by atoms with Gasteiger partial charge in [0, 0.05) is 20.7 Å². The summed E-state index contributed by atoms with van der Waals surface area (Å²) in [6.45, 7) is 2.45. The average Bonchev–Trinajstić information content (AvgIpc) is 2.32. The van der Waals surface area contributed by atoms with Crippen molar-refractivity contribution < 1.29 is 4.74 Å². The number of hydrogen-bond donors (Lipinski definition) is 1. The van der Waals surface area contributed by atoms with Gasteiger partial charge in [0.1, 0.15) is 12.4 Å². The molecule has 2 N–H and O–H groups in total. The van der Waals surface area contributed by atoms with Crippen LogP contribution in [0, 0.1) is 6.92 Å². The molecule has 2 aromatic rings. The molecule has 0 aliphatic carbocycles. The van der Waals surface area contributed by atoms with Gasteiger partial charge in [0.15, 0.2) is 0 Å². The predicted octanol–water partition coefficient (Wildman–Crippen LogP) is 4.57. The molecule has 0 spiro atoms. The van der Waals surface area contributed by atoms with E-state index < -0.39 is 0 Å². The summed E-state index contributed by atoms with van der Waals surface area (Å²) >= 11 is 9.54. The lowest BCUT2D eigenvalue weighted by atomic mass is 10.2. The number of benzene rings is 2. The Kier molecular flexibility index (Phi) is 4.15. The second kappa shape index (κ2) is 5.63. The van der Waals surface area contributed by atoms with Crippen LogP contribution in [0.4, 0.5) is 5.69 Å². The van der Waals surface area contributed by atoms with Gasteiger partial charge in [-0.1, -0.05) is 33.6 Å². The molecule has 0 radical (unpaired) electrons. The number of ether oxygens (including phenoxy) is 1. The Morgan fingerprint density at radius 2 is 2.00 bits per heavy atom. The van der Waals surface area contributed by atoms with Crippen molar-refractivity contribution in [2.45, 2.75) is 13.5 Å². The quantitative estimate of drug-likeness (QED) is 0.838. The smallest absolute Gasteiger partial charge is 0.120 e. The Morgan fingerprint density at radius 1 is 1.22 bits per heavy atom. The molecule has 0 aromatic heterocycles. The van der Waals surface area contributed by atoms with Gasteiger partial charge in [-0.05, 0) is 42.8 Å². The lowest BCUT2D eigenvalue weighted by Crippen LogP contribution is -1.97. The first-order valence-electron chi connectivity index (χ1n) is 5.49. The van der Waals surface area contributed by atoms with Crippen LogP contribution in [0.2, 0.25) is 5.02 Å². The van der Waals surface area contributed by atoms with Crippen molar-refractivity contribution in [2.75, 3.05) is 5.73 Å². The predicted molar refractivity (Wildman–Crippen MR) is 79.1 cm³/mol. The second-order valence-electron chi connectivity index (χ2n) is 4.05. The minimum absolute atomic E-state index is 0.431. The van der Waals surface area contributed by atoms with Gasteiger partial charge in [-0.15, -0.1) is 0 Å². The summed E-state index contributed by atoms with van der Waals surface area (Å²) in [6, 6.07) is 11.3. The third-order valence-corrected chi connectivity index (χ3v) is 3.84. The third-order valence-electron chi connectivity index (χ3n) is 2.60. The van der Waals surface area contributed by atoms with Gasteiger partial charge >= 0.3 is 0 Å². The lowest BCUT2D eigenvalue weighted by molar-refractivity contribution is 0.306. The van der Waals surface area contributed by atoms with Crippen molar-refractivity contribution in [2.24, 2.45) is 0 Å². The van der Waals surface area contributed by atoms with Crippen LogP contribution in [-0.4, -0.2) is 0 Å². The van der Waals surface area contributed by atoms with E-state index in [-0.39, 0.29) is 0 Å². The molecule has 2 rings (SSSR count). The van der Waals surface area contributed by atoms with E-state index in [2.05, 4.69) is 15.9 Å². The first-order chi connectivity index (χ1) is 8.56. The summed E-state index contributed by atoms with van der Waals surface area (Å²) in [5.41, 5.74) is 8.35. The maximum Gasteiger partial charge on any atom is 0.120 e. The van der Waals surface area contributed by atoms with Crippen LogP contribution in [0.3, 0.4) is 0 Å². The minimum atomic E-state index is 0.431. The molecule has 0 atom stereocenters. The maximum atomic E-state index is 6.08. The summed E-state index contributed by atoms with van der Waals surface area (Å²) in [7, 11) is 0. The fraction of sp³-hybridized carbons (Fsp3) is 0.143. The van der Waals surface area contributed by atoms with Crippen LogP contribution >= 0.6 is 27.5 Å².